The first-order chi connectivity index (χ1) is 10.7. The van der Waals surface area contributed by atoms with E-state index in [1.807, 2.05) is 38.8 Å². The van der Waals surface area contributed by atoms with E-state index in [2.05, 4.69) is 16.8 Å². The lowest BCUT2D eigenvalue weighted by atomic mass is 9.94. The maximum absolute atomic E-state index is 12.3. The van der Waals surface area contributed by atoms with Crippen molar-refractivity contribution in [3.8, 4) is 5.75 Å². The van der Waals surface area contributed by atoms with Crippen LogP contribution in [-0.2, 0) is 11.3 Å². The number of hydrogen-bond acceptors (Lipinski definition) is 4. The average Bonchev–Trinajstić information content (AvgIpc) is 2.50. The summed E-state index contributed by atoms with van der Waals surface area (Å²) in [6.07, 6.45) is 1.88. The van der Waals surface area contributed by atoms with Crippen molar-refractivity contribution >= 4 is 5.91 Å². The summed E-state index contributed by atoms with van der Waals surface area (Å²) in [6.45, 7) is 14.2. The van der Waals surface area contributed by atoms with Gasteiger partial charge in [0.2, 0.25) is 5.91 Å². The van der Waals surface area contributed by atoms with Gasteiger partial charge < -0.3 is 9.64 Å². The normalized spacial score (nSPS) is 16.5. The summed E-state index contributed by atoms with van der Waals surface area (Å²) >= 11 is 0. The number of rotatable bonds is 3. The lowest BCUT2D eigenvalue weighted by Crippen LogP contribution is -2.51. The van der Waals surface area contributed by atoms with E-state index in [0.717, 1.165) is 55.3 Å². The molecule has 0 bridgehead atoms. The van der Waals surface area contributed by atoms with Gasteiger partial charge >= 0.3 is 0 Å². The van der Waals surface area contributed by atoms with Crippen molar-refractivity contribution in [2.75, 3.05) is 33.3 Å². The molecule has 5 nitrogen and oxygen atoms in total. The molecule has 2 rings (SSSR count). The Labute approximate surface area is 139 Å². The lowest BCUT2D eigenvalue weighted by molar-refractivity contribution is -0.141. The highest BCUT2D eigenvalue weighted by atomic mass is 16.5. The molecule has 0 saturated carbocycles. The molecule has 5 heteroatoms. The summed E-state index contributed by atoms with van der Waals surface area (Å²) in [4.78, 5) is 21.2. The molecule has 128 valence electrons. The highest BCUT2D eigenvalue weighted by molar-refractivity contribution is 5.81. The molecule has 1 amide bonds. The van der Waals surface area contributed by atoms with E-state index >= 15 is 0 Å². The van der Waals surface area contributed by atoms with Gasteiger partial charge in [0, 0.05) is 55.5 Å². The van der Waals surface area contributed by atoms with Crippen LogP contribution in [0, 0.1) is 19.3 Å². The second-order valence-corrected chi connectivity index (χ2v) is 7.36. The third-order valence-electron chi connectivity index (χ3n) is 4.42. The predicted molar refractivity (Wildman–Crippen MR) is 91.6 cm³/mol. The Bertz CT molecular complexity index is 570. The number of methoxy groups -OCH3 is 1. The highest BCUT2D eigenvalue weighted by Crippen LogP contribution is 2.25. The van der Waals surface area contributed by atoms with Gasteiger partial charge in [-0.05, 0) is 13.8 Å². The number of hydrogen-bond donors (Lipinski definition) is 0. The zero-order chi connectivity index (χ0) is 17.2. The lowest BCUT2D eigenvalue weighted by Gasteiger charge is -2.37. The number of amides is 1. The molecule has 0 N–H and O–H groups in total. The monoisotopic (exact) mass is 319 g/mol. The maximum atomic E-state index is 12.3. The standard InChI is InChI=1S/C18H29N3O2/c1-13-11-19-15(14(2)16(13)23-6)12-20-7-9-21(10-8-20)17(22)18(3,4)5/h11H,7-10,12H2,1-6H3. The zero-order valence-electron chi connectivity index (χ0n) is 15.3. The van der Waals surface area contributed by atoms with Crippen LogP contribution in [0.2, 0.25) is 0 Å². The van der Waals surface area contributed by atoms with Crippen molar-refractivity contribution in [2.45, 2.75) is 41.2 Å². The largest absolute Gasteiger partial charge is 0.496 e. The summed E-state index contributed by atoms with van der Waals surface area (Å²) in [7, 11) is 1.70. The first-order valence-corrected chi connectivity index (χ1v) is 8.25. The molecule has 2 heterocycles. The molecule has 1 fully saturated rings. The summed E-state index contributed by atoms with van der Waals surface area (Å²) in [5.74, 6) is 1.17. The van der Waals surface area contributed by atoms with E-state index < -0.39 is 0 Å². The van der Waals surface area contributed by atoms with Crippen LogP contribution < -0.4 is 4.74 Å². The number of carbonyl (C=O) groups is 1. The second kappa shape index (κ2) is 6.87. The molecule has 1 saturated heterocycles. The molecule has 1 aliphatic heterocycles. The van der Waals surface area contributed by atoms with Crippen LogP contribution in [0.15, 0.2) is 6.20 Å². The second-order valence-electron chi connectivity index (χ2n) is 7.36. The minimum absolute atomic E-state index is 0.239. The van der Waals surface area contributed by atoms with Gasteiger partial charge in [0.15, 0.2) is 0 Å². The fourth-order valence-corrected chi connectivity index (χ4v) is 3.03. The molecular formula is C18H29N3O2. The summed E-state index contributed by atoms with van der Waals surface area (Å²) in [6, 6.07) is 0. The minimum Gasteiger partial charge on any atom is -0.496 e. The van der Waals surface area contributed by atoms with E-state index in [1.165, 1.54) is 0 Å². The molecule has 0 atom stereocenters. The SMILES string of the molecule is COc1c(C)cnc(CN2CCN(C(=O)C(C)(C)C)CC2)c1C. The van der Waals surface area contributed by atoms with Gasteiger partial charge in [-0.25, -0.2) is 0 Å². The summed E-state index contributed by atoms with van der Waals surface area (Å²) < 4.78 is 5.48. The van der Waals surface area contributed by atoms with Crippen molar-refractivity contribution in [3.05, 3.63) is 23.0 Å². The van der Waals surface area contributed by atoms with Gasteiger partial charge in [0.05, 0.1) is 12.8 Å². The number of nitrogens with zero attached hydrogens (tertiary/aromatic N) is 3. The van der Waals surface area contributed by atoms with Crippen LogP contribution in [-0.4, -0.2) is 54.0 Å². The number of piperazine rings is 1. The minimum atomic E-state index is -0.301. The molecule has 0 radical (unpaired) electrons. The summed E-state index contributed by atoms with van der Waals surface area (Å²) in [5, 5.41) is 0. The quantitative estimate of drug-likeness (QED) is 0.858. The number of carbonyl (C=O) groups excluding carboxylic acids is 1. The molecule has 0 unspecified atom stereocenters. The maximum Gasteiger partial charge on any atom is 0.228 e. The van der Waals surface area contributed by atoms with Crippen molar-refractivity contribution < 1.29 is 9.53 Å². The zero-order valence-corrected chi connectivity index (χ0v) is 15.3. The topological polar surface area (TPSA) is 45.7 Å². The Morgan fingerprint density at radius 2 is 1.83 bits per heavy atom. The van der Waals surface area contributed by atoms with Crippen LogP contribution in [0.25, 0.3) is 0 Å². The molecule has 1 aliphatic rings. The van der Waals surface area contributed by atoms with E-state index in [1.54, 1.807) is 7.11 Å². The van der Waals surface area contributed by atoms with Crippen LogP contribution in [0.1, 0.15) is 37.6 Å². The Morgan fingerprint density at radius 3 is 2.35 bits per heavy atom. The average molecular weight is 319 g/mol. The fraction of sp³-hybridized carbons (Fsp3) is 0.667. The van der Waals surface area contributed by atoms with Gasteiger partial charge in [-0.1, -0.05) is 20.8 Å². The van der Waals surface area contributed by atoms with Crippen LogP contribution in [0.5, 0.6) is 5.75 Å². The number of pyridine rings is 1. The van der Waals surface area contributed by atoms with E-state index in [-0.39, 0.29) is 11.3 Å². The predicted octanol–water partition coefficient (Wildman–Crippen LogP) is 2.40. The fourth-order valence-electron chi connectivity index (χ4n) is 3.03. The van der Waals surface area contributed by atoms with E-state index in [4.69, 9.17) is 4.74 Å². The first-order valence-electron chi connectivity index (χ1n) is 8.25. The molecule has 1 aromatic heterocycles. The first kappa shape index (κ1) is 17.7. The van der Waals surface area contributed by atoms with Crippen LogP contribution in [0.3, 0.4) is 0 Å². The van der Waals surface area contributed by atoms with Gasteiger partial charge in [0.1, 0.15) is 5.75 Å². The highest BCUT2D eigenvalue weighted by Gasteiger charge is 2.29. The smallest absolute Gasteiger partial charge is 0.228 e. The van der Waals surface area contributed by atoms with Crippen molar-refractivity contribution in [2.24, 2.45) is 5.41 Å². The van der Waals surface area contributed by atoms with Gasteiger partial charge in [0.25, 0.3) is 0 Å². The number of aryl methyl sites for hydroxylation is 1. The van der Waals surface area contributed by atoms with Gasteiger partial charge in [-0.3, -0.25) is 14.7 Å². The summed E-state index contributed by atoms with van der Waals surface area (Å²) in [5.41, 5.74) is 2.93. The van der Waals surface area contributed by atoms with Crippen LogP contribution in [0.4, 0.5) is 0 Å². The van der Waals surface area contributed by atoms with Crippen molar-refractivity contribution in [1.82, 2.24) is 14.8 Å². The molecule has 0 aliphatic carbocycles. The van der Waals surface area contributed by atoms with Crippen molar-refractivity contribution in [3.63, 3.8) is 0 Å². The number of ether oxygens (including phenoxy) is 1. The van der Waals surface area contributed by atoms with Gasteiger partial charge in [-0.2, -0.15) is 0 Å². The number of aromatic nitrogens is 1. The Kier molecular flexibility index (Phi) is 5.30. The van der Waals surface area contributed by atoms with Gasteiger partial charge in [-0.15, -0.1) is 0 Å². The Balaban J connectivity index is 1.99. The molecular weight excluding hydrogens is 290 g/mol. The Hall–Kier alpha value is -1.62. The van der Waals surface area contributed by atoms with E-state index in [9.17, 15) is 4.79 Å². The third kappa shape index (κ3) is 4.02. The third-order valence-corrected chi connectivity index (χ3v) is 4.42. The Morgan fingerprint density at radius 1 is 1.22 bits per heavy atom. The van der Waals surface area contributed by atoms with E-state index in [0.29, 0.717) is 0 Å². The molecule has 0 aromatic carbocycles. The van der Waals surface area contributed by atoms with Crippen molar-refractivity contribution in [1.29, 1.82) is 0 Å². The van der Waals surface area contributed by atoms with Crippen LogP contribution >= 0.6 is 0 Å². The molecule has 23 heavy (non-hydrogen) atoms. The molecule has 0 spiro atoms. The molecule has 1 aromatic rings.